The van der Waals surface area contributed by atoms with Crippen LogP contribution in [0.1, 0.15) is 31.2 Å². The Morgan fingerprint density at radius 3 is 3.07 bits per heavy atom. The minimum absolute atomic E-state index is 0.0298. The van der Waals surface area contributed by atoms with Crippen LogP contribution in [0.4, 0.5) is 0 Å². The van der Waals surface area contributed by atoms with E-state index in [-0.39, 0.29) is 11.9 Å². The number of hydrogen-bond acceptors (Lipinski definition) is 3. The molecular weight excluding hydrogens is 340 g/mol. The zero-order valence-corrected chi connectivity index (χ0v) is 15.3. The first-order valence-electron chi connectivity index (χ1n) is 9.67. The smallest absolute Gasteiger partial charge is 0.220 e. The summed E-state index contributed by atoms with van der Waals surface area (Å²) in [5.41, 5.74) is 2.38. The molecule has 0 aliphatic heterocycles. The van der Waals surface area contributed by atoms with Gasteiger partial charge in [-0.25, -0.2) is 4.98 Å². The second kappa shape index (κ2) is 7.96. The van der Waals surface area contributed by atoms with Gasteiger partial charge in [0.2, 0.25) is 5.91 Å². The maximum absolute atomic E-state index is 12.3. The van der Waals surface area contributed by atoms with Gasteiger partial charge < -0.3 is 20.0 Å². The van der Waals surface area contributed by atoms with Crippen molar-refractivity contribution in [1.82, 2.24) is 19.9 Å². The fraction of sp³-hybridized carbons (Fsp3) is 0.429. The first-order chi connectivity index (χ1) is 13.2. The number of carbonyl (C=O) groups is 1. The van der Waals surface area contributed by atoms with E-state index in [9.17, 15) is 9.90 Å². The molecule has 4 rings (SSSR count). The van der Waals surface area contributed by atoms with Gasteiger partial charge in [0.1, 0.15) is 0 Å². The van der Waals surface area contributed by atoms with E-state index in [0.717, 1.165) is 37.7 Å². The van der Waals surface area contributed by atoms with E-state index in [4.69, 9.17) is 0 Å². The number of fused-ring (bicyclic) bond motifs is 1. The first kappa shape index (κ1) is 17.8. The summed E-state index contributed by atoms with van der Waals surface area (Å²) < 4.78 is 2.03. The molecule has 0 saturated heterocycles. The Morgan fingerprint density at radius 2 is 2.22 bits per heavy atom. The van der Waals surface area contributed by atoms with Gasteiger partial charge in [0, 0.05) is 42.5 Å². The largest absolute Gasteiger partial charge is 0.391 e. The summed E-state index contributed by atoms with van der Waals surface area (Å²) in [4.78, 5) is 19.6. The van der Waals surface area contributed by atoms with Crippen LogP contribution in [0.3, 0.4) is 0 Å². The third kappa shape index (κ3) is 4.22. The number of nitrogens with one attached hydrogen (secondary N) is 2. The maximum Gasteiger partial charge on any atom is 0.220 e. The molecule has 1 saturated carbocycles. The van der Waals surface area contributed by atoms with Gasteiger partial charge >= 0.3 is 0 Å². The molecule has 3 aromatic rings. The highest BCUT2D eigenvalue weighted by atomic mass is 16.3. The van der Waals surface area contributed by atoms with E-state index in [2.05, 4.69) is 27.4 Å². The van der Waals surface area contributed by atoms with Crippen molar-refractivity contribution in [3.05, 3.63) is 54.7 Å². The van der Waals surface area contributed by atoms with E-state index >= 15 is 0 Å². The zero-order chi connectivity index (χ0) is 18.6. The first-order valence-corrected chi connectivity index (χ1v) is 9.67. The molecule has 1 unspecified atom stereocenters. The van der Waals surface area contributed by atoms with Gasteiger partial charge in [-0.3, -0.25) is 4.79 Å². The number of nitrogens with zero attached hydrogens (tertiary/aromatic N) is 2. The number of carbonyl (C=O) groups excluding carboxylic acids is 1. The number of aromatic nitrogens is 3. The number of aromatic amines is 1. The molecule has 142 valence electrons. The normalized spacial score (nSPS) is 22.3. The lowest BCUT2D eigenvalue weighted by Gasteiger charge is -2.16. The molecular formula is C21H26N4O2. The highest BCUT2D eigenvalue weighted by Gasteiger charge is 2.33. The van der Waals surface area contributed by atoms with Gasteiger partial charge in [-0.2, -0.15) is 0 Å². The predicted molar refractivity (Wildman–Crippen MR) is 104 cm³/mol. The number of rotatable bonds is 7. The summed E-state index contributed by atoms with van der Waals surface area (Å²) in [5, 5.41) is 14.5. The van der Waals surface area contributed by atoms with Gasteiger partial charge in [-0.05, 0) is 43.2 Å². The van der Waals surface area contributed by atoms with Gasteiger partial charge in [0.15, 0.2) is 0 Å². The molecule has 1 aliphatic carbocycles. The fourth-order valence-corrected chi connectivity index (χ4v) is 4.17. The summed E-state index contributed by atoms with van der Waals surface area (Å²) >= 11 is 0. The number of aliphatic hydroxyl groups is 1. The number of aryl methyl sites for hydroxylation is 1. The van der Waals surface area contributed by atoms with Crippen LogP contribution in [0, 0.1) is 5.92 Å². The number of benzene rings is 1. The Bertz CT molecular complexity index is 887. The Morgan fingerprint density at radius 1 is 1.33 bits per heavy atom. The second-order valence-electron chi connectivity index (χ2n) is 7.55. The van der Waals surface area contributed by atoms with E-state index in [1.54, 1.807) is 12.5 Å². The highest BCUT2D eigenvalue weighted by Crippen LogP contribution is 2.27. The van der Waals surface area contributed by atoms with Crippen LogP contribution in [0.2, 0.25) is 0 Å². The average molecular weight is 366 g/mol. The summed E-state index contributed by atoms with van der Waals surface area (Å²) in [7, 11) is 0. The van der Waals surface area contributed by atoms with Crippen molar-refractivity contribution in [3.63, 3.8) is 0 Å². The van der Waals surface area contributed by atoms with Gasteiger partial charge in [-0.15, -0.1) is 0 Å². The zero-order valence-electron chi connectivity index (χ0n) is 15.3. The lowest BCUT2D eigenvalue weighted by molar-refractivity contribution is -0.122. The molecule has 0 radical (unpaired) electrons. The van der Waals surface area contributed by atoms with Crippen LogP contribution < -0.4 is 5.32 Å². The van der Waals surface area contributed by atoms with Crippen LogP contribution >= 0.6 is 0 Å². The summed E-state index contributed by atoms with van der Waals surface area (Å²) in [6, 6.07) is 8.08. The third-order valence-corrected chi connectivity index (χ3v) is 5.53. The van der Waals surface area contributed by atoms with Crippen LogP contribution in [-0.2, 0) is 17.8 Å². The third-order valence-electron chi connectivity index (χ3n) is 5.53. The van der Waals surface area contributed by atoms with Crippen LogP contribution in [-0.4, -0.2) is 37.7 Å². The Kier molecular flexibility index (Phi) is 5.25. The second-order valence-corrected chi connectivity index (χ2v) is 7.55. The van der Waals surface area contributed by atoms with Crippen molar-refractivity contribution in [2.24, 2.45) is 5.92 Å². The molecule has 1 amide bonds. The molecule has 1 fully saturated rings. The van der Waals surface area contributed by atoms with Crippen molar-refractivity contribution >= 4 is 16.8 Å². The molecule has 2 aromatic heterocycles. The standard InChI is InChI=1S/C21H26N4O2/c26-20-11-15(13-25-9-8-22-14-25)10-19(20)24-21(27)7-3-4-16-12-23-18-6-2-1-5-17(16)18/h1-2,5-6,8-9,12,14-15,19-20,23,26H,3-4,7,10-11,13H2,(H,24,27)/t15?,19-,20-/m1/s1. The molecule has 6 nitrogen and oxygen atoms in total. The molecule has 6 heteroatoms. The number of para-hydroxylation sites is 1. The molecule has 0 spiro atoms. The summed E-state index contributed by atoms with van der Waals surface area (Å²) in [6.07, 6.45) is 10.7. The van der Waals surface area contributed by atoms with E-state index in [1.165, 1.54) is 10.9 Å². The number of imidazole rings is 1. The van der Waals surface area contributed by atoms with E-state index in [0.29, 0.717) is 12.3 Å². The topological polar surface area (TPSA) is 82.9 Å². The molecule has 27 heavy (non-hydrogen) atoms. The lowest BCUT2D eigenvalue weighted by Crippen LogP contribution is -2.39. The van der Waals surface area contributed by atoms with Crippen molar-refractivity contribution in [1.29, 1.82) is 0 Å². The van der Waals surface area contributed by atoms with E-state index in [1.807, 2.05) is 29.1 Å². The van der Waals surface area contributed by atoms with Gasteiger partial charge in [0.05, 0.1) is 18.5 Å². The minimum atomic E-state index is -0.462. The monoisotopic (exact) mass is 366 g/mol. The van der Waals surface area contributed by atoms with Crippen molar-refractivity contribution in [3.8, 4) is 0 Å². The fourth-order valence-electron chi connectivity index (χ4n) is 4.17. The number of amides is 1. The molecule has 3 N–H and O–H groups in total. The Hall–Kier alpha value is -2.60. The van der Waals surface area contributed by atoms with Crippen LogP contribution in [0.5, 0.6) is 0 Å². The predicted octanol–water partition coefficient (Wildman–Crippen LogP) is 2.64. The molecule has 0 bridgehead atoms. The highest BCUT2D eigenvalue weighted by molar-refractivity contribution is 5.83. The van der Waals surface area contributed by atoms with Crippen molar-refractivity contribution in [2.75, 3.05) is 0 Å². The number of aliphatic hydroxyl groups excluding tert-OH is 1. The lowest BCUT2D eigenvalue weighted by atomic mass is 10.1. The van der Waals surface area contributed by atoms with Crippen LogP contribution in [0.15, 0.2) is 49.2 Å². The maximum atomic E-state index is 12.3. The SMILES string of the molecule is O=C(CCCc1c[nH]c2ccccc12)N[C@@H]1CC(Cn2ccnc2)C[C@H]1O. The minimum Gasteiger partial charge on any atom is -0.391 e. The quantitative estimate of drug-likeness (QED) is 0.601. The Labute approximate surface area is 158 Å². The molecule has 2 heterocycles. The summed E-state index contributed by atoms with van der Waals surface area (Å²) in [5.74, 6) is 0.396. The van der Waals surface area contributed by atoms with E-state index < -0.39 is 6.10 Å². The van der Waals surface area contributed by atoms with Crippen molar-refractivity contribution < 1.29 is 9.90 Å². The molecule has 3 atom stereocenters. The average Bonchev–Trinajstić information content (AvgIpc) is 3.38. The van der Waals surface area contributed by atoms with Crippen LogP contribution in [0.25, 0.3) is 10.9 Å². The van der Waals surface area contributed by atoms with Gasteiger partial charge in [0.25, 0.3) is 0 Å². The number of hydrogen-bond donors (Lipinski definition) is 3. The summed E-state index contributed by atoms with van der Waals surface area (Å²) in [6.45, 7) is 0.837. The molecule has 1 aromatic carbocycles. The molecule has 1 aliphatic rings. The Balaban J connectivity index is 1.23. The van der Waals surface area contributed by atoms with Gasteiger partial charge in [-0.1, -0.05) is 18.2 Å². The number of H-pyrrole nitrogens is 1. The van der Waals surface area contributed by atoms with Crippen molar-refractivity contribution in [2.45, 2.75) is 50.8 Å².